The minimum Gasteiger partial charge on any atom is -0.469 e. The topological polar surface area (TPSA) is 87.9 Å². The third-order valence-electron chi connectivity index (χ3n) is 2.15. The van der Waals surface area contributed by atoms with Crippen molar-refractivity contribution in [2.75, 3.05) is 21.0 Å². The van der Waals surface area contributed by atoms with Crippen molar-refractivity contribution in [3.63, 3.8) is 0 Å². The average Bonchev–Trinajstić information content (AvgIpc) is 2.36. The quantitative estimate of drug-likeness (QED) is 0.329. The van der Waals surface area contributed by atoms with E-state index in [-0.39, 0.29) is 18.9 Å². The summed E-state index contributed by atoms with van der Waals surface area (Å²) in [5, 5.41) is 10.7. The van der Waals surface area contributed by atoms with Crippen molar-refractivity contribution in [3.8, 4) is 5.75 Å². The highest BCUT2D eigenvalue weighted by Gasteiger charge is 2.15. The number of non-ortho nitro benzene ring substituents is 1. The number of benzene rings is 1. The summed E-state index contributed by atoms with van der Waals surface area (Å²) in [5.74, 6) is -0.148. The van der Waals surface area contributed by atoms with E-state index < -0.39 is 10.9 Å². The van der Waals surface area contributed by atoms with Crippen LogP contribution in [0.5, 0.6) is 5.75 Å². The van der Waals surface area contributed by atoms with Gasteiger partial charge in [-0.25, -0.2) is 0 Å². The number of methoxy groups -OCH3 is 2. The molecular formula is C11H13NO6. The lowest BCUT2D eigenvalue weighted by Gasteiger charge is -2.09. The zero-order valence-electron chi connectivity index (χ0n) is 10.0. The summed E-state index contributed by atoms with van der Waals surface area (Å²) in [6.07, 6.45) is -0.1000. The molecule has 0 aromatic heterocycles. The fraction of sp³-hybridized carbons (Fsp3) is 0.364. The molecule has 0 aliphatic carbocycles. The van der Waals surface area contributed by atoms with Crippen molar-refractivity contribution < 1.29 is 23.9 Å². The molecule has 0 atom stereocenters. The Morgan fingerprint density at radius 2 is 2.11 bits per heavy atom. The molecule has 98 valence electrons. The fourth-order valence-corrected chi connectivity index (χ4v) is 1.31. The third kappa shape index (κ3) is 3.70. The van der Waals surface area contributed by atoms with Gasteiger partial charge in [0, 0.05) is 24.8 Å². The summed E-state index contributed by atoms with van der Waals surface area (Å²) in [6, 6.07) is 4.00. The molecule has 0 aliphatic heterocycles. The Bertz CT molecular complexity index is 445. The number of hydrogen-bond donors (Lipinski definition) is 0. The van der Waals surface area contributed by atoms with Crippen LogP contribution in [0, 0.1) is 10.1 Å². The first-order chi connectivity index (χ1) is 8.58. The number of carbonyl (C=O) groups excluding carboxylic acids is 1. The molecule has 1 rings (SSSR count). The molecule has 1 aromatic rings. The van der Waals surface area contributed by atoms with Gasteiger partial charge in [0.15, 0.2) is 6.79 Å². The molecule has 0 radical (unpaired) electrons. The molecule has 0 aliphatic rings. The molecule has 7 heteroatoms. The number of nitro benzene ring substituents is 1. The monoisotopic (exact) mass is 255 g/mol. The van der Waals surface area contributed by atoms with Crippen molar-refractivity contribution in [2.45, 2.75) is 6.42 Å². The number of carbonyl (C=O) groups is 1. The normalized spacial score (nSPS) is 9.89. The van der Waals surface area contributed by atoms with Gasteiger partial charge < -0.3 is 14.2 Å². The molecular weight excluding hydrogens is 242 g/mol. The minimum atomic E-state index is -0.541. The van der Waals surface area contributed by atoms with Gasteiger partial charge in [-0.2, -0.15) is 0 Å². The summed E-state index contributed by atoms with van der Waals surface area (Å²) in [7, 11) is 2.70. The van der Waals surface area contributed by atoms with Crippen molar-refractivity contribution in [1.29, 1.82) is 0 Å². The van der Waals surface area contributed by atoms with Crippen LogP contribution in [0.1, 0.15) is 5.56 Å². The zero-order valence-corrected chi connectivity index (χ0v) is 10.0. The maximum Gasteiger partial charge on any atom is 0.310 e. The molecule has 1 aromatic carbocycles. The highest BCUT2D eigenvalue weighted by Crippen LogP contribution is 2.25. The highest BCUT2D eigenvalue weighted by atomic mass is 16.7. The predicted octanol–water partition coefficient (Wildman–Crippen LogP) is 1.29. The lowest BCUT2D eigenvalue weighted by molar-refractivity contribution is -0.384. The van der Waals surface area contributed by atoms with Crippen LogP contribution in [0.3, 0.4) is 0 Å². The summed E-state index contributed by atoms with van der Waals surface area (Å²) in [5.41, 5.74) is 0.270. The first-order valence-electron chi connectivity index (χ1n) is 5.04. The summed E-state index contributed by atoms with van der Waals surface area (Å²) >= 11 is 0. The van der Waals surface area contributed by atoms with Crippen molar-refractivity contribution in [1.82, 2.24) is 0 Å². The lowest BCUT2D eigenvalue weighted by atomic mass is 10.1. The Labute approximate surface area is 103 Å². The van der Waals surface area contributed by atoms with Crippen molar-refractivity contribution in [3.05, 3.63) is 33.9 Å². The molecule has 0 spiro atoms. The van der Waals surface area contributed by atoms with Crippen molar-refractivity contribution >= 4 is 11.7 Å². The van der Waals surface area contributed by atoms with Gasteiger partial charge >= 0.3 is 5.97 Å². The standard InChI is InChI=1S/C11H13NO6/c1-16-7-18-10-4-3-9(12(14)15)5-8(10)6-11(13)17-2/h3-5H,6-7H2,1-2H3. The van der Waals surface area contributed by atoms with Gasteiger partial charge in [0.25, 0.3) is 5.69 Å². The SMILES string of the molecule is COCOc1ccc([N+](=O)[O-])cc1CC(=O)OC. The van der Waals surface area contributed by atoms with Crippen LogP contribution in [0.25, 0.3) is 0 Å². The number of rotatable bonds is 6. The van der Waals surface area contributed by atoms with Gasteiger partial charge in [-0.15, -0.1) is 0 Å². The first-order valence-corrected chi connectivity index (χ1v) is 5.04. The van der Waals surface area contributed by atoms with E-state index in [1.165, 1.54) is 32.4 Å². The Morgan fingerprint density at radius 1 is 1.39 bits per heavy atom. The highest BCUT2D eigenvalue weighted by molar-refractivity contribution is 5.73. The molecule has 0 amide bonds. The van der Waals surface area contributed by atoms with E-state index in [1.54, 1.807) is 0 Å². The van der Waals surface area contributed by atoms with Crippen LogP contribution >= 0.6 is 0 Å². The number of nitro groups is 1. The second-order valence-electron chi connectivity index (χ2n) is 3.35. The number of nitrogens with zero attached hydrogens (tertiary/aromatic N) is 1. The Kier molecular flexibility index (Phi) is 5.06. The zero-order chi connectivity index (χ0) is 13.5. The molecule has 0 fully saturated rings. The van der Waals surface area contributed by atoms with Crippen LogP contribution in [0.2, 0.25) is 0 Å². The maximum absolute atomic E-state index is 11.2. The molecule has 18 heavy (non-hydrogen) atoms. The van der Waals surface area contributed by atoms with E-state index in [0.717, 1.165) is 0 Å². The van der Waals surface area contributed by atoms with Crippen LogP contribution in [0.15, 0.2) is 18.2 Å². The smallest absolute Gasteiger partial charge is 0.310 e. The average molecular weight is 255 g/mol. The minimum absolute atomic E-state index is 0.00795. The Balaban J connectivity index is 3.01. The molecule has 0 N–H and O–H groups in total. The van der Waals surface area contributed by atoms with Gasteiger partial charge in [0.2, 0.25) is 0 Å². The third-order valence-corrected chi connectivity index (χ3v) is 2.15. The van der Waals surface area contributed by atoms with E-state index >= 15 is 0 Å². The molecule has 0 unspecified atom stereocenters. The number of esters is 1. The lowest BCUT2D eigenvalue weighted by Crippen LogP contribution is -2.08. The summed E-state index contributed by atoms with van der Waals surface area (Å²) < 4.78 is 14.5. The second kappa shape index (κ2) is 6.55. The van der Waals surface area contributed by atoms with Crippen molar-refractivity contribution in [2.24, 2.45) is 0 Å². The number of ether oxygens (including phenoxy) is 3. The summed E-state index contributed by atoms with van der Waals surface area (Å²) in [4.78, 5) is 21.3. The number of hydrogen-bond acceptors (Lipinski definition) is 6. The fourth-order valence-electron chi connectivity index (χ4n) is 1.31. The van der Waals surface area contributed by atoms with E-state index in [1.807, 2.05) is 0 Å². The molecule has 0 heterocycles. The van der Waals surface area contributed by atoms with E-state index in [2.05, 4.69) is 4.74 Å². The van der Waals surface area contributed by atoms with Gasteiger partial charge in [0.05, 0.1) is 18.5 Å². The molecule has 0 bridgehead atoms. The van der Waals surface area contributed by atoms with Gasteiger partial charge in [0.1, 0.15) is 5.75 Å². The maximum atomic E-state index is 11.2. The van der Waals surface area contributed by atoms with Gasteiger partial charge in [-0.05, 0) is 6.07 Å². The Morgan fingerprint density at radius 3 is 2.67 bits per heavy atom. The molecule has 0 saturated heterocycles. The summed E-state index contributed by atoms with van der Waals surface area (Å²) in [6.45, 7) is -0.00795. The van der Waals surface area contributed by atoms with Crippen LogP contribution in [0.4, 0.5) is 5.69 Å². The van der Waals surface area contributed by atoms with Crippen LogP contribution in [-0.4, -0.2) is 31.9 Å². The second-order valence-corrected chi connectivity index (χ2v) is 3.35. The van der Waals surface area contributed by atoms with E-state index in [9.17, 15) is 14.9 Å². The van der Waals surface area contributed by atoms with Crippen LogP contribution < -0.4 is 4.74 Å². The van der Waals surface area contributed by atoms with E-state index in [4.69, 9.17) is 9.47 Å². The van der Waals surface area contributed by atoms with Gasteiger partial charge in [-0.3, -0.25) is 14.9 Å². The van der Waals surface area contributed by atoms with Gasteiger partial charge in [-0.1, -0.05) is 0 Å². The van der Waals surface area contributed by atoms with E-state index in [0.29, 0.717) is 11.3 Å². The predicted molar refractivity (Wildman–Crippen MR) is 61.3 cm³/mol. The Hall–Kier alpha value is -2.15. The first kappa shape index (κ1) is 13.9. The largest absolute Gasteiger partial charge is 0.469 e. The molecule has 7 nitrogen and oxygen atoms in total. The van der Waals surface area contributed by atoms with Crippen LogP contribution in [-0.2, 0) is 20.7 Å². The molecule has 0 saturated carbocycles.